The monoisotopic (exact) mass is 834 g/mol. The summed E-state index contributed by atoms with van der Waals surface area (Å²) in [6, 6.07) is 2.83. The van der Waals surface area contributed by atoms with Gasteiger partial charge in [-0.05, 0) is 102 Å². The summed E-state index contributed by atoms with van der Waals surface area (Å²) in [6.07, 6.45) is 13.2. The van der Waals surface area contributed by atoms with E-state index in [-0.39, 0.29) is 12.4 Å². The molecule has 0 N–H and O–H groups in total. The van der Waals surface area contributed by atoms with Crippen molar-refractivity contribution in [2.75, 3.05) is 86.7 Å². The standard InChI is InChI=1S/C28H41F3N4O.C14H26FN3.C5H12/c1-6-9-10-26-32-24(20(8-3)15-25(19(4)7-2)36-28(29,30)31)18-35(26)27-22-16-21(17-23(22)27)34-13-11-33(5)12-14-34;1-16(2)14-12-9-11(10-13(12)14)18-7-5-17(4-3-15)6-8-18;1-3-5-4-2/h8,15,18,21-23,27H,4,6-7,9-14,16-17H2,1-3,5H3;11-14H,3-10H2,1-2H3;3-5H2,1-2H3/b20-8+,25-15+;;. The molecule has 4 saturated carbocycles. The molecule has 0 aromatic carbocycles. The maximum Gasteiger partial charge on any atom is 0.573 e. The number of aromatic nitrogens is 2. The summed E-state index contributed by atoms with van der Waals surface area (Å²) in [4.78, 5) is 17.3. The molecule has 3 heterocycles. The van der Waals surface area contributed by atoms with E-state index >= 15 is 0 Å². The molecule has 59 heavy (non-hydrogen) atoms. The van der Waals surface area contributed by atoms with Crippen LogP contribution in [0.3, 0.4) is 0 Å². The summed E-state index contributed by atoms with van der Waals surface area (Å²) >= 11 is 0. The number of ether oxygens (including phenoxy) is 1. The number of fused-ring (bicyclic) bond motifs is 2. The molecule has 0 spiro atoms. The van der Waals surface area contributed by atoms with Gasteiger partial charge >= 0.3 is 6.36 Å². The molecule has 6 fully saturated rings. The Kier molecular flexibility index (Phi) is 18.0. The van der Waals surface area contributed by atoms with Crippen LogP contribution in [0.2, 0.25) is 0 Å². The van der Waals surface area contributed by atoms with Crippen molar-refractivity contribution < 1.29 is 22.3 Å². The summed E-state index contributed by atoms with van der Waals surface area (Å²) in [6.45, 7) is 23.4. The number of piperazine rings is 2. The number of hydrogen-bond acceptors (Lipinski definition) is 7. The van der Waals surface area contributed by atoms with Crippen molar-refractivity contribution in [3.8, 4) is 0 Å². The van der Waals surface area contributed by atoms with E-state index in [0.717, 1.165) is 101 Å². The molecule has 2 saturated heterocycles. The topological polar surface area (TPSA) is 43.3 Å². The molecule has 4 aliphatic carbocycles. The van der Waals surface area contributed by atoms with Gasteiger partial charge in [0, 0.05) is 101 Å². The molecule has 4 unspecified atom stereocenters. The van der Waals surface area contributed by atoms with Crippen molar-refractivity contribution in [3.05, 3.63) is 47.8 Å². The van der Waals surface area contributed by atoms with Gasteiger partial charge in [0.15, 0.2) is 0 Å². The van der Waals surface area contributed by atoms with Gasteiger partial charge < -0.3 is 19.1 Å². The van der Waals surface area contributed by atoms with Crippen LogP contribution in [-0.2, 0) is 11.2 Å². The number of halogens is 4. The van der Waals surface area contributed by atoms with Gasteiger partial charge in [-0.15, -0.1) is 13.2 Å². The summed E-state index contributed by atoms with van der Waals surface area (Å²) in [5.41, 5.74) is 1.64. The van der Waals surface area contributed by atoms with Gasteiger partial charge in [0.25, 0.3) is 0 Å². The van der Waals surface area contributed by atoms with Crippen LogP contribution in [0.1, 0.15) is 116 Å². The third-order valence-electron chi connectivity index (χ3n) is 14.2. The average molecular weight is 834 g/mol. The average Bonchev–Trinajstić information content (AvgIpc) is 3.77. The zero-order valence-electron chi connectivity index (χ0n) is 38.0. The molecule has 2 aliphatic heterocycles. The van der Waals surface area contributed by atoms with Gasteiger partial charge in [-0.3, -0.25) is 14.7 Å². The second-order valence-corrected chi connectivity index (χ2v) is 18.4. The molecule has 8 nitrogen and oxygen atoms in total. The lowest BCUT2D eigenvalue weighted by Gasteiger charge is -2.38. The number of unbranched alkanes of at least 4 members (excludes halogenated alkanes) is 3. The number of hydrogen-bond donors (Lipinski definition) is 0. The van der Waals surface area contributed by atoms with Gasteiger partial charge in [0.2, 0.25) is 0 Å². The highest BCUT2D eigenvalue weighted by Crippen LogP contribution is 2.62. The lowest BCUT2D eigenvalue weighted by atomic mass is 10.1. The summed E-state index contributed by atoms with van der Waals surface area (Å²) in [5.74, 6) is 4.07. The Labute approximate surface area is 355 Å². The molecule has 0 bridgehead atoms. The molecule has 7 rings (SSSR count). The molecule has 0 amide bonds. The number of nitrogens with zero attached hydrogens (tertiary/aromatic N) is 7. The highest BCUT2D eigenvalue weighted by atomic mass is 19.4. The van der Waals surface area contributed by atoms with E-state index in [2.05, 4.69) is 88.5 Å². The van der Waals surface area contributed by atoms with E-state index in [9.17, 15) is 17.6 Å². The van der Waals surface area contributed by atoms with Crippen LogP contribution in [0.4, 0.5) is 17.6 Å². The fourth-order valence-corrected chi connectivity index (χ4v) is 10.6. The van der Waals surface area contributed by atoms with Crippen LogP contribution >= 0.6 is 0 Å². The van der Waals surface area contributed by atoms with E-state index in [1.165, 1.54) is 51.0 Å². The normalized spacial score (nSPS) is 30.3. The number of aryl methyl sites for hydroxylation is 1. The molecule has 12 heteroatoms. The van der Waals surface area contributed by atoms with Gasteiger partial charge in [-0.25, -0.2) is 9.37 Å². The van der Waals surface area contributed by atoms with E-state index in [0.29, 0.717) is 53.7 Å². The fraction of sp³-hybridized carbons (Fsp3) is 0.809. The van der Waals surface area contributed by atoms with Crippen molar-refractivity contribution in [1.82, 2.24) is 34.1 Å². The summed E-state index contributed by atoms with van der Waals surface area (Å²) in [5, 5.41) is 0. The predicted octanol–water partition coefficient (Wildman–Crippen LogP) is 9.32. The zero-order valence-corrected chi connectivity index (χ0v) is 38.0. The summed E-state index contributed by atoms with van der Waals surface area (Å²) in [7, 11) is 6.62. The second-order valence-electron chi connectivity index (χ2n) is 18.4. The lowest BCUT2D eigenvalue weighted by molar-refractivity contribution is -0.304. The highest BCUT2D eigenvalue weighted by molar-refractivity contribution is 5.72. The Morgan fingerprint density at radius 2 is 1.39 bits per heavy atom. The van der Waals surface area contributed by atoms with Crippen LogP contribution in [0.15, 0.2) is 36.3 Å². The first-order valence-corrected chi connectivity index (χ1v) is 23.3. The molecule has 4 atom stereocenters. The largest absolute Gasteiger partial charge is 0.573 e. The zero-order chi connectivity index (χ0) is 42.9. The fourth-order valence-electron chi connectivity index (χ4n) is 10.6. The van der Waals surface area contributed by atoms with Crippen molar-refractivity contribution >= 4 is 5.57 Å². The lowest BCUT2D eigenvalue weighted by Crippen LogP contribution is -2.50. The number of rotatable bonds is 16. The predicted molar refractivity (Wildman–Crippen MR) is 234 cm³/mol. The Morgan fingerprint density at radius 3 is 1.85 bits per heavy atom. The molecule has 6 aliphatic rings. The van der Waals surface area contributed by atoms with E-state index in [1.807, 2.05) is 6.92 Å². The van der Waals surface area contributed by atoms with Crippen molar-refractivity contribution in [1.29, 1.82) is 0 Å². The molecule has 0 radical (unpaired) electrons. The van der Waals surface area contributed by atoms with Crippen LogP contribution < -0.4 is 0 Å². The number of likely N-dealkylation sites (N-methyl/N-ethyl adjacent to an activating group) is 1. The minimum absolute atomic E-state index is 0.196. The van der Waals surface area contributed by atoms with E-state index in [4.69, 9.17) is 4.98 Å². The van der Waals surface area contributed by atoms with Gasteiger partial charge in [-0.1, -0.05) is 66.0 Å². The molecular formula is C47H79F4N7O. The first-order valence-electron chi connectivity index (χ1n) is 23.3. The Morgan fingerprint density at radius 1 is 0.847 bits per heavy atom. The Bertz CT molecular complexity index is 1480. The molecule has 336 valence electrons. The number of imidazole rings is 1. The Balaban J connectivity index is 0.000000237. The van der Waals surface area contributed by atoms with Crippen LogP contribution in [0, 0.1) is 23.7 Å². The Hall–Kier alpha value is -2.25. The van der Waals surface area contributed by atoms with Crippen molar-refractivity contribution in [3.63, 3.8) is 0 Å². The quantitative estimate of drug-likeness (QED) is 0.0935. The maximum absolute atomic E-state index is 13.0. The molecule has 1 aromatic rings. The van der Waals surface area contributed by atoms with Gasteiger partial charge in [-0.2, -0.15) is 0 Å². The van der Waals surface area contributed by atoms with E-state index in [1.54, 1.807) is 13.0 Å². The number of alkyl halides is 4. The first kappa shape index (κ1) is 47.8. The van der Waals surface area contributed by atoms with Gasteiger partial charge in [0.05, 0.1) is 5.69 Å². The third-order valence-corrected chi connectivity index (χ3v) is 14.2. The van der Waals surface area contributed by atoms with Gasteiger partial charge in [0.1, 0.15) is 18.3 Å². The summed E-state index contributed by atoms with van der Waals surface area (Å²) < 4.78 is 58.1. The highest BCUT2D eigenvalue weighted by Gasteiger charge is 2.59. The third kappa shape index (κ3) is 12.9. The maximum atomic E-state index is 13.0. The smallest absolute Gasteiger partial charge is 0.406 e. The van der Waals surface area contributed by atoms with Crippen LogP contribution in [-0.4, -0.2) is 145 Å². The SMILES string of the molecule is C=C(CC)/C(=C\C(=C/C)c1cn(C2C3CC(N4CCN(C)CC4)CC32)c(CCCC)n1)OC(F)(F)F.CCCCC.CN(C)C1C2CC(N3CCN(CCF)CC3)CC21. The molecule has 1 aromatic heterocycles. The van der Waals surface area contributed by atoms with Crippen molar-refractivity contribution in [2.45, 2.75) is 136 Å². The van der Waals surface area contributed by atoms with Crippen molar-refractivity contribution in [2.24, 2.45) is 23.7 Å². The first-order chi connectivity index (χ1) is 28.3. The number of allylic oxidation sites excluding steroid dienone is 4. The molecular weight excluding hydrogens is 755 g/mol. The minimum Gasteiger partial charge on any atom is -0.406 e. The van der Waals surface area contributed by atoms with Crippen LogP contribution in [0.5, 0.6) is 0 Å². The minimum atomic E-state index is -4.76. The van der Waals surface area contributed by atoms with Crippen LogP contribution in [0.25, 0.3) is 5.57 Å². The second kappa shape index (κ2) is 22.2. The van der Waals surface area contributed by atoms with E-state index < -0.39 is 6.36 Å².